The molecule has 1 aliphatic rings. The molecule has 2 heterocycles. The van der Waals surface area contributed by atoms with Gasteiger partial charge in [0.05, 0.1) is 6.04 Å². The predicted octanol–water partition coefficient (Wildman–Crippen LogP) is 2.98. The van der Waals surface area contributed by atoms with E-state index in [0.717, 1.165) is 15.5 Å². The number of rotatable bonds is 4. The van der Waals surface area contributed by atoms with Gasteiger partial charge in [-0.05, 0) is 17.0 Å². The van der Waals surface area contributed by atoms with Gasteiger partial charge in [-0.25, -0.2) is 5.06 Å². The second-order valence-corrected chi connectivity index (χ2v) is 5.66. The van der Waals surface area contributed by atoms with Crippen LogP contribution in [0.25, 0.3) is 0 Å². The van der Waals surface area contributed by atoms with Crippen LogP contribution in [0.5, 0.6) is 0 Å². The van der Waals surface area contributed by atoms with Gasteiger partial charge < -0.3 is 4.84 Å². The van der Waals surface area contributed by atoms with Crippen LogP contribution in [-0.2, 0) is 16.2 Å². The predicted molar refractivity (Wildman–Crippen MR) is 79.0 cm³/mol. The number of thiophene rings is 1. The largest absolute Gasteiger partial charge is 0.391 e. The second kappa shape index (κ2) is 6.07. The van der Waals surface area contributed by atoms with Crippen molar-refractivity contribution in [2.45, 2.75) is 19.1 Å². The molecule has 5 nitrogen and oxygen atoms in total. The molecule has 0 spiro atoms. The van der Waals surface area contributed by atoms with E-state index in [-0.39, 0.29) is 11.8 Å². The molecule has 3 rings (SSSR count). The van der Waals surface area contributed by atoms with Crippen molar-refractivity contribution in [2.24, 2.45) is 5.16 Å². The molecule has 0 radical (unpaired) electrons. The molecule has 1 aromatic heterocycles. The maximum atomic E-state index is 11.9. The van der Waals surface area contributed by atoms with Crippen molar-refractivity contribution in [2.75, 3.05) is 0 Å². The lowest BCUT2D eigenvalue weighted by Gasteiger charge is -2.14. The standard InChI is InChI=1S/C15H14N2O3S/c18-15-12(16-20-10-11-5-2-1-3-6-11)9-13(17(15)19)14-7-4-8-21-14/h1-8,13,19H,9-10H2. The van der Waals surface area contributed by atoms with Crippen molar-refractivity contribution in [1.82, 2.24) is 5.06 Å². The Balaban J connectivity index is 1.66. The van der Waals surface area contributed by atoms with Gasteiger partial charge in [-0.15, -0.1) is 11.3 Å². The number of oxime groups is 1. The highest BCUT2D eigenvalue weighted by molar-refractivity contribution is 7.10. The lowest BCUT2D eigenvalue weighted by molar-refractivity contribution is -0.162. The molecule has 0 bridgehead atoms. The molecule has 1 aromatic carbocycles. The van der Waals surface area contributed by atoms with Gasteiger partial charge in [0.2, 0.25) is 0 Å². The summed E-state index contributed by atoms with van der Waals surface area (Å²) in [7, 11) is 0. The van der Waals surface area contributed by atoms with Crippen molar-refractivity contribution in [3.05, 3.63) is 58.3 Å². The Bertz CT molecular complexity index is 640. The van der Waals surface area contributed by atoms with Crippen molar-refractivity contribution in [3.63, 3.8) is 0 Å². The van der Waals surface area contributed by atoms with E-state index in [2.05, 4.69) is 5.16 Å². The van der Waals surface area contributed by atoms with Gasteiger partial charge >= 0.3 is 0 Å². The fourth-order valence-electron chi connectivity index (χ4n) is 2.17. The number of hydrogen-bond acceptors (Lipinski definition) is 5. The van der Waals surface area contributed by atoms with Crippen LogP contribution in [0.2, 0.25) is 0 Å². The van der Waals surface area contributed by atoms with Gasteiger partial charge in [0.25, 0.3) is 5.91 Å². The fraction of sp³-hybridized carbons (Fsp3) is 0.200. The Kier molecular flexibility index (Phi) is 3.98. The lowest BCUT2D eigenvalue weighted by atomic mass is 10.2. The monoisotopic (exact) mass is 302 g/mol. The molecule has 0 saturated carbocycles. The molecule has 21 heavy (non-hydrogen) atoms. The molecule has 1 amide bonds. The summed E-state index contributed by atoms with van der Waals surface area (Å²) in [6.07, 6.45) is 0.352. The van der Waals surface area contributed by atoms with Gasteiger partial charge in [-0.1, -0.05) is 41.6 Å². The van der Waals surface area contributed by atoms with Crippen molar-refractivity contribution >= 4 is 23.0 Å². The molecular weight excluding hydrogens is 288 g/mol. The van der Waals surface area contributed by atoms with Crippen LogP contribution in [0.3, 0.4) is 0 Å². The van der Waals surface area contributed by atoms with Crippen LogP contribution in [0.4, 0.5) is 0 Å². The smallest absolute Gasteiger partial charge is 0.295 e. The van der Waals surface area contributed by atoms with Gasteiger partial charge in [-0.2, -0.15) is 0 Å². The number of hydroxylamine groups is 2. The van der Waals surface area contributed by atoms with E-state index in [0.29, 0.717) is 13.0 Å². The molecule has 1 unspecified atom stereocenters. The highest BCUT2D eigenvalue weighted by atomic mass is 32.1. The summed E-state index contributed by atoms with van der Waals surface area (Å²) in [5, 5.41) is 16.4. The summed E-state index contributed by atoms with van der Waals surface area (Å²) >= 11 is 1.50. The Morgan fingerprint density at radius 3 is 2.81 bits per heavy atom. The average molecular weight is 302 g/mol. The molecule has 6 heteroatoms. The third kappa shape index (κ3) is 2.96. The van der Waals surface area contributed by atoms with Crippen molar-refractivity contribution in [1.29, 1.82) is 0 Å². The van der Waals surface area contributed by atoms with Crippen LogP contribution in [-0.4, -0.2) is 21.9 Å². The first-order chi connectivity index (χ1) is 10.3. The van der Waals surface area contributed by atoms with E-state index in [4.69, 9.17) is 4.84 Å². The van der Waals surface area contributed by atoms with Gasteiger partial charge in [0, 0.05) is 11.3 Å². The number of benzene rings is 1. The van der Waals surface area contributed by atoms with E-state index >= 15 is 0 Å². The summed E-state index contributed by atoms with van der Waals surface area (Å²) < 4.78 is 0. The molecule has 1 saturated heterocycles. The van der Waals surface area contributed by atoms with E-state index < -0.39 is 5.91 Å². The summed E-state index contributed by atoms with van der Waals surface area (Å²) in [5.74, 6) is -0.499. The van der Waals surface area contributed by atoms with Gasteiger partial charge in [-0.3, -0.25) is 10.0 Å². The quantitative estimate of drug-likeness (QED) is 0.697. The maximum Gasteiger partial charge on any atom is 0.295 e. The molecule has 0 aliphatic carbocycles. The van der Waals surface area contributed by atoms with Crippen LogP contribution in [0.1, 0.15) is 22.9 Å². The van der Waals surface area contributed by atoms with E-state index in [1.54, 1.807) is 0 Å². The number of carbonyl (C=O) groups is 1. The summed E-state index contributed by atoms with van der Waals surface area (Å²) in [5.41, 5.74) is 1.22. The van der Waals surface area contributed by atoms with E-state index in [1.807, 2.05) is 47.8 Å². The van der Waals surface area contributed by atoms with Gasteiger partial charge in [0.1, 0.15) is 12.3 Å². The minimum absolute atomic E-state index is 0.242. The minimum atomic E-state index is -0.499. The topological polar surface area (TPSA) is 62.1 Å². The molecular formula is C15H14N2O3S. The second-order valence-electron chi connectivity index (χ2n) is 4.68. The Morgan fingerprint density at radius 1 is 1.29 bits per heavy atom. The third-order valence-corrected chi connectivity index (χ3v) is 4.23. The minimum Gasteiger partial charge on any atom is -0.391 e. The zero-order chi connectivity index (χ0) is 14.7. The molecule has 108 valence electrons. The Labute approximate surface area is 126 Å². The number of hydrogen-bond donors (Lipinski definition) is 1. The Morgan fingerprint density at radius 2 is 2.10 bits per heavy atom. The van der Waals surface area contributed by atoms with Crippen LogP contribution >= 0.6 is 11.3 Å². The highest BCUT2D eigenvalue weighted by Gasteiger charge is 2.38. The first kappa shape index (κ1) is 13.8. The number of carbonyl (C=O) groups excluding carboxylic acids is 1. The first-order valence-corrected chi connectivity index (χ1v) is 7.42. The lowest BCUT2D eigenvalue weighted by Crippen LogP contribution is -2.25. The van der Waals surface area contributed by atoms with Crippen molar-refractivity contribution < 1.29 is 14.8 Å². The van der Waals surface area contributed by atoms with Crippen LogP contribution in [0.15, 0.2) is 53.0 Å². The van der Waals surface area contributed by atoms with Crippen molar-refractivity contribution in [3.8, 4) is 0 Å². The fourth-order valence-corrected chi connectivity index (χ4v) is 2.98. The number of nitrogens with zero attached hydrogens (tertiary/aromatic N) is 2. The maximum absolute atomic E-state index is 11.9. The molecule has 1 aliphatic heterocycles. The summed E-state index contributed by atoms with van der Waals surface area (Å²) in [4.78, 5) is 18.1. The molecule has 2 aromatic rings. The normalized spacial score (nSPS) is 20.2. The highest BCUT2D eigenvalue weighted by Crippen LogP contribution is 2.32. The first-order valence-electron chi connectivity index (χ1n) is 6.54. The zero-order valence-electron chi connectivity index (χ0n) is 11.2. The summed E-state index contributed by atoms with van der Waals surface area (Å²) in [6, 6.07) is 13.0. The van der Waals surface area contributed by atoms with Crippen LogP contribution in [0, 0.1) is 0 Å². The number of amides is 1. The SMILES string of the molecule is O=C1C(=NOCc2ccccc2)CC(c2cccs2)N1O. The summed E-state index contributed by atoms with van der Waals surface area (Å²) in [6.45, 7) is 0.298. The zero-order valence-corrected chi connectivity index (χ0v) is 12.0. The molecule has 1 fully saturated rings. The third-order valence-electron chi connectivity index (χ3n) is 3.26. The van der Waals surface area contributed by atoms with E-state index in [9.17, 15) is 10.0 Å². The molecule has 1 N–H and O–H groups in total. The Hall–Kier alpha value is -2.18. The van der Waals surface area contributed by atoms with Crippen LogP contribution < -0.4 is 0 Å². The van der Waals surface area contributed by atoms with Gasteiger partial charge in [0.15, 0.2) is 0 Å². The van der Waals surface area contributed by atoms with E-state index in [1.165, 1.54) is 11.3 Å². The molecule has 1 atom stereocenters. The average Bonchev–Trinajstić information content (AvgIpc) is 3.12.